The smallest absolute Gasteiger partial charge is 0.295 e. The molecule has 1 aliphatic heterocycles. The predicted molar refractivity (Wildman–Crippen MR) is 139 cm³/mol. The summed E-state index contributed by atoms with van der Waals surface area (Å²) in [5.41, 5.74) is 1.02. The van der Waals surface area contributed by atoms with Gasteiger partial charge in [-0.15, -0.1) is 0 Å². The highest BCUT2D eigenvalue weighted by Crippen LogP contribution is 2.44. The van der Waals surface area contributed by atoms with Crippen molar-refractivity contribution < 1.29 is 28.9 Å². The molecule has 0 aliphatic carbocycles. The lowest BCUT2D eigenvalue weighted by Gasteiger charge is -2.27. The summed E-state index contributed by atoms with van der Waals surface area (Å²) in [5, 5.41) is 11.3. The number of hydrogen-bond acceptors (Lipinski definition) is 7. The lowest BCUT2D eigenvalue weighted by atomic mass is 9.94. The average Bonchev–Trinajstić information content (AvgIpc) is 3.13. The van der Waals surface area contributed by atoms with Gasteiger partial charge in [0, 0.05) is 17.7 Å². The number of methoxy groups -OCH3 is 2. The predicted octanol–water partition coefficient (Wildman–Crippen LogP) is 4.26. The third-order valence-electron chi connectivity index (χ3n) is 6.17. The van der Waals surface area contributed by atoms with Crippen LogP contribution in [0.1, 0.15) is 43.4 Å². The molecule has 1 amide bonds. The van der Waals surface area contributed by atoms with Gasteiger partial charge < -0.3 is 29.1 Å². The number of likely N-dealkylation sites (tertiary alicyclic amines) is 1. The second kappa shape index (κ2) is 12.4. The molecule has 1 unspecified atom stereocenters. The fourth-order valence-corrected chi connectivity index (χ4v) is 4.24. The van der Waals surface area contributed by atoms with Crippen LogP contribution in [0.15, 0.2) is 48.0 Å². The molecule has 2 aromatic rings. The minimum atomic E-state index is -0.822. The van der Waals surface area contributed by atoms with Gasteiger partial charge in [0.05, 0.1) is 32.4 Å². The standard InChI is InChI=1S/C28H36N2O6/c1-6-7-17-36-20-11-9-19(10-12-20)26(31)24-25(22-18-21(34-4)13-14-23(22)35-5)30(28(33)27(24)32)16-8-15-29(2)3/h9-14,18,25,31H,6-8,15-17H2,1-5H3/b26-24+. The van der Waals surface area contributed by atoms with Crippen molar-refractivity contribution in [3.63, 3.8) is 0 Å². The molecular formula is C28H36N2O6. The summed E-state index contributed by atoms with van der Waals surface area (Å²) in [5.74, 6) is 0.109. The Morgan fingerprint density at radius 3 is 2.31 bits per heavy atom. The summed E-state index contributed by atoms with van der Waals surface area (Å²) in [4.78, 5) is 30.0. The molecule has 8 heteroatoms. The SMILES string of the molecule is CCCCOc1ccc(/C(O)=C2\C(=O)C(=O)N(CCCN(C)C)C2c2cc(OC)ccc2OC)cc1. The first-order valence-corrected chi connectivity index (χ1v) is 12.2. The van der Waals surface area contributed by atoms with Crippen LogP contribution >= 0.6 is 0 Å². The van der Waals surface area contributed by atoms with Crippen molar-refractivity contribution >= 4 is 17.4 Å². The molecule has 0 bridgehead atoms. The van der Waals surface area contributed by atoms with Crippen molar-refractivity contribution in [2.24, 2.45) is 0 Å². The summed E-state index contributed by atoms with van der Waals surface area (Å²) in [6.45, 7) is 3.78. The Balaban J connectivity index is 2.08. The van der Waals surface area contributed by atoms with E-state index in [1.54, 1.807) is 49.6 Å². The van der Waals surface area contributed by atoms with Crippen molar-refractivity contribution in [3.05, 3.63) is 59.2 Å². The van der Waals surface area contributed by atoms with Crippen LogP contribution in [0.5, 0.6) is 17.2 Å². The molecule has 2 aromatic carbocycles. The van der Waals surface area contributed by atoms with Gasteiger partial charge in [0.1, 0.15) is 23.0 Å². The number of rotatable bonds is 12. The van der Waals surface area contributed by atoms with Gasteiger partial charge in [0.25, 0.3) is 11.7 Å². The van der Waals surface area contributed by atoms with Crippen LogP contribution < -0.4 is 14.2 Å². The van der Waals surface area contributed by atoms with Crippen LogP contribution in [0.2, 0.25) is 0 Å². The Labute approximate surface area is 213 Å². The first-order chi connectivity index (χ1) is 17.3. The number of hydrogen-bond donors (Lipinski definition) is 1. The van der Waals surface area contributed by atoms with E-state index in [2.05, 4.69) is 6.92 Å². The lowest BCUT2D eigenvalue weighted by molar-refractivity contribution is -0.140. The first-order valence-electron chi connectivity index (χ1n) is 12.2. The number of nitrogens with zero attached hydrogens (tertiary/aromatic N) is 2. The number of carbonyl (C=O) groups excluding carboxylic acids is 2. The van der Waals surface area contributed by atoms with Crippen molar-refractivity contribution in [1.29, 1.82) is 0 Å². The number of amides is 1. The maximum absolute atomic E-state index is 13.3. The molecule has 194 valence electrons. The largest absolute Gasteiger partial charge is 0.507 e. The third kappa shape index (κ3) is 5.99. The fraction of sp³-hybridized carbons (Fsp3) is 0.429. The number of unbranched alkanes of at least 4 members (excludes halogenated alkanes) is 1. The molecule has 1 heterocycles. The molecule has 3 rings (SSSR count). The number of ketones is 1. The summed E-state index contributed by atoms with van der Waals surface area (Å²) in [7, 11) is 6.98. The summed E-state index contributed by atoms with van der Waals surface area (Å²) in [6, 6.07) is 11.3. The van der Waals surface area contributed by atoms with Crippen LogP contribution in [0.25, 0.3) is 5.76 Å². The van der Waals surface area contributed by atoms with E-state index in [0.29, 0.717) is 47.9 Å². The average molecular weight is 497 g/mol. The van der Waals surface area contributed by atoms with Gasteiger partial charge in [-0.2, -0.15) is 0 Å². The first kappa shape index (κ1) is 27.1. The van der Waals surface area contributed by atoms with Gasteiger partial charge in [-0.25, -0.2) is 0 Å². The van der Waals surface area contributed by atoms with Crippen LogP contribution in [0.3, 0.4) is 0 Å². The molecule has 1 fully saturated rings. The Bertz CT molecular complexity index is 1090. The van der Waals surface area contributed by atoms with Crippen LogP contribution in [0.4, 0.5) is 0 Å². The maximum Gasteiger partial charge on any atom is 0.295 e. The summed E-state index contributed by atoms with van der Waals surface area (Å²) >= 11 is 0. The molecule has 0 spiro atoms. The summed E-state index contributed by atoms with van der Waals surface area (Å²) in [6.07, 6.45) is 2.63. The molecule has 0 radical (unpaired) electrons. The number of ether oxygens (including phenoxy) is 3. The van der Waals surface area contributed by atoms with E-state index in [9.17, 15) is 14.7 Å². The van der Waals surface area contributed by atoms with E-state index in [1.807, 2.05) is 19.0 Å². The number of carbonyl (C=O) groups is 2. The van der Waals surface area contributed by atoms with E-state index >= 15 is 0 Å². The second-order valence-electron chi connectivity index (χ2n) is 8.98. The monoisotopic (exact) mass is 496 g/mol. The van der Waals surface area contributed by atoms with Gasteiger partial charge in [-0.05, 0) is 75.9 Å². The molecule has 36 heavy (non-hydrogen) atoms. The van der Waals surface area contributed by atoms with Crippen LogP contribution in [0, 0.1) is 0 Å². The molecule has 1 N–H and O–H groups in total. The lowest BCUT2D eigenvalue weighted by Crippen LogP contribution is -2.32. The highest BCUT2D eigenvalue weighted by atomic mass is 16.5. The number of aliphatic hydroxyl groups is 1. The van der Waals surface area contributed by atoms with Crippen molar-refractivity contribution in [2.75, 3.05) is 48.0 Å². The van der Waals surface area contributed by atoms with Crippen LogP contribution in [-0.4, -0.2) is 74.6 Å². The molecule has 0 saturated carbocycles. The zero-order valence-corrected chi connectivity index (χ0v) is 21.7. The van der Waals surface area contributed by atoms with Gasteiger partial charge in [0.2, 0.25) is 0 Å². The highest BCUT2D eigenvalue weighted by molar-refractivity contribution is 6.46. The van der Waals surface area contributed by atoms with Gasteiger partial charge in [-0.1, -0.05) is 13.3 Å². The molecule has 1 saturated heterocycles. The minimum absolute atomic E-state index is 0.0241. The van der Waals surface area contributed by atoms with Crippen molar-refractivity contribution in [1.82, 2.24) is 9.80 Å². The Hall–Kier alpha value is -3.52. The zero-order chi connectivity index (χ0) is 26.2. The Morgan fingerprint density at radius 2 is 1.69 bits per heavy atom. The second-order valence-corrected chi connectivity index (χ2v) is 8.98. The number of aliphatic hydroxyl groups excluding tert-OH is 1. The molecule has 1 aliphatic rings. The summed E-state index contributed by atoms with van der Waals surface area (Å²) < 4.78 is 16.7. The Kier molecular flexibility index (Phi) is 9.36. The Morgan fingerprint density at radius 1 is 1.00 bits per heavy atom. The minimum Gasteiger partial charge on any atom is -0.507 e. The van der Waals surface area contributed by atoms with Crippen LogP contribution in [-0.2, 0) is 9.59 Å². The maximum atomic E-state index is 13.3. The van der Waals surface area contributed by atoms with E-state index in [1.165, 1.54) is 12.0 Å². The van der Waals surface area contributed by atoms with E-state index in [0.717, 1.165) is 19.4 Å². The van der Waals surface area contributed by atoms with Crippen molar-refractivity contribution in [3.8, 4) is 17.2 Å². The van der Waals surface area contributed by atoms with E-state index in [4.69, 9.17) is 14.2 Å². The molecule has 8 nitrogen and oxygen atoms in total. The van der Waals surface area contributed by atoms with Gasteiger partial charge >= 0.3 is 0 Å². The zero-order valence-electron chi connectivity index (χ0n) is 21.7. The number of benzene rings is 2. The van der Waals surface area contributed by atoms with E-state index < -0.39 is 17.7 Å². The molecule has 0 aromatic heterocycles. The highest BCUT2D eigenvalue weighted by Gasteiger charge is 2.47. The molecular weight excluding hydrogens is 460 g/mol. The van der Waals surface area contributed by atoms with Crippen molar-refractivity contribution in [2.45, 2.75) is 32.2 Å². The topological polar surface area (TPSA) is 88.5 Å². The molecule has 1 atom stereocenters. The quantitative estimate of drug-likeness (QED) is 0.203. The third-order valence-corrected chi connectivity index (χ3v) is 6.17. The number of Topliss-reactive ketones (excluding diaryl/α,β-unsaturated/α-hetero) is 1. The van der Waals surface area contributed by atoms with Gasteiger partial charge in [0.15, 0.2) is 0 Å². The normalized spacial score (nSPS) is 17.1. The fourth-order valence-electron chi connectivity index (χ4n) is 4.24. The van der Waals surface area contributed by atoms with E-state index in [-0.39, 0.29) is 11.3 Å². The van der Waals surface area contributed by atoms with Gasteiger partial charge in [-0.3, -0.25) is 9.59 Å².